The van der Waals surface area contributed by atoms with Crippen LogP contribution in [0.25, 0.3) is 10.9 Å². The van der Waals surface area contributed by atoms with E-state index in [0.29, 0.717) is 12.1 Å². The molecular weight excluding hydrogens is 246 g/mol. The number of fused-ring (bicyclic) bond motifs is 1. The third-order valence-corrected chi connectivity index (χ3v) is 4.22. The molecule has 1 aliphatic rings. The summed E-state index contributed by atoms with van der Waals surface area (Å²) >= 11 is 0. The van der Waals surface area contributed by atoms with Gasteiger partial charge in [-0.3, -0.25) is 4.98 Å². The molecule has 20 heavy (non-hydrogen) atoms. The number of nitrogens with one attached hydrogen (secondary N) is 1. The average molecular weight is 269 g/mol. The zero-order valence-corrected chi connectivity index (χ0v) is 12.3. The van der Waals surface area contributed by atoms with Crippen molar-refractivity contribution in [2.24, 2.45) is 0 Å². The summed E-state index contributed by atoms with van der Waals surface area (Å²) in [5.74, 6) is 0. The second-order valence-electron chi connectivity index (χ2n) is 5.74. The molecule has 0 bridgehead atoms. The molecule has 2 atom stereocenters. The van der Waals surface area contributed by atoms with Crippen molar-refractivity contribution in [2.45, 2.75) is 38.8 Å². The van der Waals surface area contributed by atoms with Gasteiger partial charge in [0.05, 0.1) is 5.52 Å². The van der Waals surface area contributed by atoms with Crippen molar-refractivity contribution in [1.29, 1.82) is 0 Å². The van der Waals surface area contributed by atoms with E-state index in [1.165, 1.54) is 23.9 Å². The molecule has 2 unspecified atom stereocenters. The number of rotatable bonds is 3. The van der Waals surface area contributed by atoms with Gasteiger partial charge in [0.2, 0.25) is 0 Å². The number of nitrogens with zero attached hydrogens (tertiary/aromatic N) is 2. The van der Waals surface area contributed by atoms with Crippen LogP contribution in [0.3, 0.4) is 0 Å². The molecule has 0 radical (unpaired) electrons. The third-order valence-electron chi connectivity index (χ3n) is 4.22. The van der Waals surface area contributed by atoms with Gasteiger partial charge in [-0.25, -0.2) is 0 Å². The molecular formula is C17H23N3. The summed E-state index contributed by atoms with van der Waals surface area (Å²) in [6.07, 6.45) is 4.34. The summed E-state index contributed by atoms with van der Waals surface area (Å²) in [5.41, 5.74) is 2.41. The number of anilines is 1. The fourth-order valence-electron chi connectivity index (χ4n) is 3.14. The molecule has 1 aromatic carbocycles. The van der Waals surface area contributed by atoms with E-state index in [0.717, 1.165) is 18.6 Å². The minimum atomic E-state index is 0.522. The fraction of sp³-hybridized carbons (Fsp3) is 0.471. The van der Waals surface area contributed by atoms with Gasteiger partial charge in [0.15, 0.2) is 0 Å². The van der Waals surface area contributed by atoms with E-state index < -0.39 is 0 Å². The van der Waals surface area contributed by atoms with Crippen LogP contribution in [0.15, 0.2) is 36.5 Å². The minimum absolute atomic E-state index is 0.522. The number of pyridine rings is 1. The van der Waals surface area contributed by atoms with Gasteiger partial charge in [-0.2, -0.15) is 0 Å². The van der Waals surface area contributed by atoms with Gasteiger partial charge in [0.1, 0.15) is 0 Å². The molecule has 1 fully saturated rings. The van der Waals surface area contributed by atoms with Crippen molar-refractivity contribution in [3.05, 3.63) is 36.5 Å². The normalized spacial score (nSPS) is 23.2. The molecule has 0 amide bonds. The van der Waals surface area contributed by atoms with Gasteiger partial charge in [0.25, 0.3) is 0 Å². The first-order valence-electron chi connectivity index (χ1n) is 7.63. The molecule has 2 aromatic rings. The van der Waals surface area contributed by atoms with Crippen LogP contribution in [-0.2, 0) is 0 Å². The number of hydrogen-bond acceptors (Lipinski definition) is 3. The van der Waals surface area contributed by atoms with Crippen LogP contribution >= 0.6 is 0 Å². The van der Waals surface area contributed by atoms with Crippen LogP contribution in [0.2, 0.25) is 0 Å². The molecule has 0 aliphatic carbocycles. The smallest absolute Gasteiger partial charge is 0.0722 e. The number of piperazine rings is 1. The van der Waals surface area contributed by atoms with Crippen molar-refractivity contribution in [3.8, 4) is 0 Å². The van der Waals surface area contributed by atoms with Crippen LogP contribution < -0.4 is 10.2 Å². The molecule has 1 aromatic heterocycles. The molecule has 3 rings (SSSR count). The highest BCUT2D eigenvalue weighted by atomic mass is 15.2. The quantitative estimate of drug-likeness (QED) is 0.927. The summed E-state index contributed by atoms with van der Waals surface area (Å²) in [6.45, 7) is 6.70. The highest BCUT2D eigenvalue weighted by molar-refractivity contribution is 5.91. The summed E-state index contributed by atoms with van der Waals surface area (Å²) in [5, 5.41) is 4.92. The van der Waals surface area contributed by atoms with Crippen LogP contribution in [0.4, 0.5) is 5.69 Å². The average Bonchev–Trinajstić information content (AvgIpc) is 2.49. The van der Waals surface area contributed by atoms with Gasteiger partial charge in [0, 0.05) is 42.4 Å². The monoisotopic (exact) mass is 269 g/mol. The van der Waals surface area contributed by atoms with Crippen molar-refractivity contribution in [2.75, 3.05) is 18.0 Å². The van der Waals surface area contributed by atoms with Crippen LogP contribution in [0.1, 0.15) is 26.7 Å². The van der Waals surface area contributed by atoms with Crippen molar-refractivity contribution >= 4 is 16.6 Å². The standard InChI is InChI=1S/C17H23N3/c1-3-6-14-12-20(13(2)11-19-14)17-9-4-8-16-15(17)7-5-10-18-16/h4-5,7-10,13-14,19H,3,6,11-12H2,1-2H3. The van der Waals surface area contributed by atoms with E-state index in [1.54, 1.807) is 0 Å². The maximum atomic E-state index is 4.47. The molecule has 3 nitrogen and oxygen atoms in total. The Balaban J connectivity index is 1.96. The second kappa shape index (κ2) is 5.80. The van der Waals surface area contributed by atoms with Gasteiger partial charge >= 0.3 is 0 Å². The Morgan fingerprint density at radius 2 is 2.20 bits per heavy atom. The topological polar surface area (TPSA) is 28.2 Å². The lowest BCUT2D eigenvalue weighted by Gasteiger charge is -2.41. The zero-order valence-electron chi connectivity index (χ0n) is 12.3. The Bertz CT molecular complexity index is 576. The maximum absolute atomic E-state index is 4.47. The Hall–Kier alpha value is -1.61. The van der Waals surface area contributed by atoms with E-state index in [-0.39, 0.29) is 0 Å². The lowest BCUT2D eigenvalue weighted by atomic mass is 10.0. The van der Waals surface area contributed by atoms with Crippen molar-refractivity contribution in [1.82, 2.24) is 10.3 Å². The van der Waals surface area contributed by atoms with E-state index in [9.17, 15) is 0 Å². The van der Waals surface area contributed by atoms with Crippen molar-refractivity contribution < 1.29 is 0 Å². The highest BCUT2D eigenvalue weighted by Crippen LogP contribution is 2.28. The zero-order chi connectivity index (χ0) is 13.9. The second-order valence-corrected chi connectivity index (χ2v) is 5.74. The Kier molecular flexibility index (Phi) is 3.88. The van der Waals surface area contributed by atoms with Crippen LogP contribution in [0, 0.1) is 0 Å². The minimum Gasteiger partial charge on any atom is -0.365 e. The summed E-state index contributed by atoms with van der Waals surface area (Å²) in [6, 6.07) is 11.8. The Morgan fingerprint density at radius 1 is 1.30 bits per heavy atom. The van der Waals surface area contributed by atoms with Gasteiger partial charge in [-0.05, 0) is 37.6 Å². The third kappa shape index (κ3) is 2.50. The largest absolute Gasteiger partial charge is 0.365 e. The molecule has 2 heterocycles. The predicted octanol–water partition coefficient (Wildman–Crippen LogP) is 3.20. The van der Waals surface area contributed by atoms with Gasteiger partial charge in [-0.15, -0.1) is 0 Å². The summed E-state index contributed by atoms with van der Waals surface area (Å²) in [4.78, 5) is 7.02. The molecule has 1 N–H and O–H groups in total. The highest BCUT2D eigenvalue weighted by Gasteiger charge is 2.25. The van der Waals surface area contributed by atoms with E-state index in [4.69, 9.17) is 0 Å². The Morgan fingerprint density at radius 3 is 3.05 bits per heavy atom. The molecule has 0 saturated carbocycles. The summed E-state index contributed by atoms with van der Waals surface area (Å²) < 4.78 is 0. The lowest BCUT2D eigenvalue weighted by molar-refractivity contribution is 0.387. The predicted molar refractivity (Wildman–Crippen MR) is 85.2 cm³/mol. The van der Waals surface area contributed by atoms with E-state index in [2.05, 4.69) is 53.3 Å². The first-order chi connectivity index (χ1) is 9.79. The maximum Gasteiger partial charge on any atom is 0.0722 e. The first kappa shape index (κ1) is 13.4. The van der Waals surface area contributed by atoms with Gasteiger partial charge < -0.3 is 10.2 Å². The molecule has 106 valence electrons. The SMILES string of the molecule is CCCC1CN(c2cccc3ncccc23)C(C)CN1. The lowest BCUT2D eigenvalue weighted by Crippen LogP contribution is -2.55. The van der Waals surface area contributed by atoms with Gasteiger partial charge in [-0.1, -0.05) is 19.4 Å². The van der Waals surface area contributed by atoms with Crippen molar-refractivity contribution in [3.63, 3.8) is 0 Å². The first-order valence-corrected chi connectivity index (χ1v) is 7.63. The number of hydrogen-bond donors (Lipinski definition) is 1. The van der Waals surface area contributed by atoms with E-state index in [1.807, 2.05) is 12.3 Å². The van der Waals surface area contributed by atoms with E-state index >= 15 is 0 Å². The molecule has 0 spiro atoms. The Labute approximate surface area is 121 Å². The van der Waals surface area contributed by atoms with Crippen LogP contribution in [0.5, 0.6) is 0 Å². The molecule has 1 aliphatic heterocycles. The fourth-order valence-corrected chi connectivity index (χ4v) is 3.14. The molecule has 1 saturated heterocycles. The number of aromatic nitrogens is 1. The summed E-state index contributed by atoms with van der Waals surface area (Å²) in [7, 11) is 0. The van der Waals surface area contributed by atoms with Crippen LogP contribution in [-0.4, -0.2) is 30.2 Å². The number of benzene rings is 1. The molecule has 3 heteroatoms.